The fourth-order valence-corrected chi connectivity index (χ4v) is 2.09. The minimum atomic E-state index is 0.765. The van der Waals surface area contributed by atoms with Gasteiger partial charge in [0.05, 0.1) is 0 Å². The Bertz CT molecular complexity index is 241. The number of rotatable bonds is 8. The van der Waals surface area contributed by atoms with Gasteiger partial charge in [-0.3, -0.25) is 10.4 Å². The Hall–Kier alpha value is -0.810. The normalized spacial score (nSPS) is 16.5. The van der Waals surface area contributed by atoms with Gasteiger partial charge in [0.1, 0.15) is 0 Å². The predicted octanol–water partition coefficient (Wildman–Crippen LogP) is 1.35. The van der Waals surface area contributed by atoms with E-state index in [4.69, 9.17) is 10.6 Å². The fourth-order valence-electron chi connectivity index (χ4n) is 2.09. The van der Waals surface area contributed by atoms with Crippen LogP contribution in [0.5, 0.6) is 0 Å². The van der Waals surface area contributed by atoms with Gasteiger partial charge in [-0.1, -0.05) is 6.42 Å². The molecule has 0 aromatic rings. The predicted molar refractivity (Wildman–Crippen MR) is 75.3 cm³/mol. The lowest BCUT2D eigenvalue weighted by molar-refractivity contribution is 0.146. The number of nitrogens with two attached hydrogens (primary N) is 1. The van der Waals surface area contributed by atoms with Crippen molar-refractivity contribution in [3.63, 3.8) is 0 Å². The van der Waals surface area contributed by atoms with Crippen LogP contribution in [0.25, 0.3) is 0 Å². The molecule has 0 atom stereocenters. The van der Waals surface area contributed by atoms with Crippen molar-refractivity contribution in [1.29, 1.82) is 0 Å². The highest BCUT2D eigenvalue weighted by Gasteiger charge is 2.21. The van der Waals surface area contributed by atoms with Gasteiger partial charge in [-0.2, -0.15) is 0 Å². The second-order valence-electron chi connectivity index (χ2n) is 4.74. The van der Waals surface area contributed by atoms with Crippen LogP contribution in [-0.4, -0.2) is 43.7 Å². The minimum Gasteiger partial charge on any atom is -0.382 e. The molecule has 0 spiro atoms. The Morgan fingerprint density at radius 2 is 2.22 bits per heavy atom. The largest absolute Gasteiger partial charge is 0.382 e. The molecule has 0 aromatic carbocycles. The zero-order chi connectivity index (χ0) is 13.2. The van der Waals surface area contributed by atoms with E-state index in [1.807, 2.05) is 6.92 Å². The van der Waals surface area contributed by atoms with E-state index < -0.39 is 0 Å². The third kappa shape index (κ3) is 5.23. The van der Waals surface area contributed by atoms with Gasteiger partial charge in [0, 0.05) is 32.8 Å². The van der Waals surface area contributed by atoms with Crippen molar-refractivity contribution in [1.82, 2.24) is 10.3 Å². The van der Waals surface area contributed by atoms with Crippen LogP contribution in [0, 0.1) is 5.92 Å². The van der Waals surface area contributed by atoms with E-state index in [1.54, 1.807) is 0 Å². The summed E-state index contributed by atoms with van der Waals surface area (Å²) in [7, 11) is 0. The molecule has 0 radical (unpaired) electrons. The van der Waals surface area contributed by atoms with Gasteiger partial charge in [-0.15, -0.1) is 0 Å². The molecule has 1 saturated carbocycles. The molecule has 5 heteroatoms. The maximum atomic E-state index is 5.57. The number of nitrogens with one attached hydrogen (secondary N) is 1. The standard InChI is InChI=1S/C13H28N4O/c1-3-17(11-12-7-5-8-12)13(16-14)15-9-6-10-18-4-2/h12H,3-11,14H2,1-2H3,(H,15,16). The Balaban J connectivity index is 2.32. The molecule has 1 fully saturated rings. The van der Waals surface area contributed by atoms with Crippen LogP contribution in [0.4, 0.5) is 0 Å². The third-order valence-electron chi connectivity index (χ3n) is 3.43. The Morgan fingerprint density at radius 3 is 2.72 bits per heavy atom. The minimum absolute atomic E-state index is 0.765. The van der Waals surface area contributed by atoms with Crippen LogP contribution in [-0.2, 0) is 4.74 Å². The van der Waals surface area contributed by atoms with Crippen molar-refractivity contribution in [2.45, 2.75) is 39.5 Å². The molecule has 0 aromatic heterocycles. The van der Waals surface area contributed by atoms with Gasteiger partial charge < -0.3 is 9.64 Å². The number of nitrogens with zero attached hydrogens (tertiary/aromatic N) is 2. The maximum Gasteiger partial charge on any atom is 0.208 e. The van der Waals surface area contributed by atoms with Gasteiger partial charge in [0.15, 0.2) is 0 Å². The monoisotopic (exact) mass is 256 g/mol. The van der Waals surface area contributed by atoms with Gasteiger partial charge in [-0.05, 0) is 39.0 Å². The fraction of sp³-hybridized carbons (Fsp3) is 0.923. The molecule has 3 N–H and O–H groups in total. The average Bonchev–Trinajstić information content (AvgIpc) is 2.34. The summed E-state index contributed by atoms with van der Waals surface area (Å²) in [5.41, 5.74) is 2.73. The van der Waals surface area contributed by atoms with Crippen LogP contribution < -0.4 is 11.3 Å². The highest BCUT2D eigenvalue weighted by atomic mass is 16.5. The molecular weight excluding hydrogens is 228 g/mol. The molecule has 0 heterocycles. The molecule has 106 valence electrons. The van der Waals surface area contributed by atoms with Crippen molar-refractivity contribution < 1.29 is 4.74 Å². The quantitative estimate of drug-likeness (QED) is 0.226. The lowest BCUT2D eigenvalue weighted by atomic mass is 9.85. The molecule has 18 heavy (non-hydrogen) atoms. The Labute approximate surface area is 111 Å². The number of hydrogen-bond acceptors (Lipinski definition) is 3. The summed E-state index contributed by atoms with van der Waals surface area (Å²) >= 11 is 0. The summed E-state index contributed by atoms with van der Waals surface area (Å²) in [6.07, 6.45) is 5.01. The molecule has 1 aliphatic carbocycles. The van der Waals surface area contributed by atoms with Crippen molar-refractivity contribution in [3.05, 3.63) is 0 Å². The van der Waals surface area contributed by atoms with Crippen LogP contribution >= 0.6 is 0 Å². The second kappa shape index (κ2) is 9.16. The molecule has 1 aliphatic rings. The van der Waals surface area contributed by atoms with Gasteiger partial charge in [0.2, 0.25) is 5.96 Å². The maximum absolute atomic E-state index is 5.57. The molecular formula is C13H28N4O. The van der Waals surface area contributed by atoms with Gasteiger partial charge in [-0.25, -0.2) is 5.84 Å². The summed E-state index contributed by atoms with van der Waals surface area (Å²) in [5, 5.41) is 0. The van der Waals surface area contributed by atoms with Gasteiger partial charge in [0.25, 0.3) is 0 Å². The van der Waals surface area contributed by atoms with E-state index in [0.717, 1.165) is 51.1 Å². The highest BCUT2D eigenvalue weighted by Crippen LogP contribution is 2.26. The molecule has 5 nitrogen and oxygen atoms in total. The van der Waals surface area contributed by atoms with Crippen molar-refractivity contribution >= 4 is 5.96 Å². The Kier molecular flexibility index (Phi) is 7.76. The van der Waals surface area contributed by atoms with Crippen LogP contribution in [0.15, 0.2) is 4.99 Å². The molecule has 0 saturated heterocycles. The zero-order valence-corrected chi connectivity index (χ0v) is 11.8. The molecule has 0 aliphatic heterocycles. The van der Waals surface area contributed by atoms with E-state index in [9.17, 15) is 0 Å². The highest BCUT2D eigenvalue weighted by molar-refractivity contribution is 5.79. The van der Waals surface area contributed by atoms with E-state index in [0.29, 0.717) is 0 Å². The van der Waals surface area contributed by atoms with Crippen LogP contribution in [0.3, 0.4) is 0 Å². The smallest absolute Gasteiger partial charge is 0.208 e. The van der Waals surface area contributed by atoms with E-state index in [1.165, 1.54) is 19.3 Å². The molecule has 0 bridgehead atoms. The van der Waals surface area contributed by atoms with Crippen molar-refractivity contribution in [3.8, 4) is 0 Å². The molecule has 1 rings (SSSR count). The summed E-state index contributed by atoms with van der Waals surface area (Å²) in [5.74, 6) is 7.22. The molecule has 0 unspecified atom stereocenters. The first-order chi connectivity index (χ1) is 8.81. The Morgan fingerprint density at radius 1 is 1.44 bits per heavy atom. The summed E-state index contributed by atoms with van der Waals surface area (Å²) in [6.45, 7) is 8.48. The third-order valence-corrected chi connectivity index (χ3v) is 3.43. The number of hydrazine groups is 1. The number of guanidine groups is 1. The van der Waals surface area contributed by atoms with Crippen LogP contribution in [0.2, 0.25) is 0 Å². The topological polar surface area (TPSA) is 62.9 Å². The molecule has 0 amide bonds. The number of ether oxygens (including phenoxy) is 1. The van der Waals surface area contributed by atoms with Gasteiger partial charge >= 0.3 is 0 Å². The zero-order valence-electron chi connectivity index (χ0n) is 11.8. The SMILES string of the molecule is CCOCCCN=C(NN)N(CC)CC1CCC1. The second-order valence-corrected chi connectivity index (χ2v) is 4.74. The number of aliphatic imine (C=N–C) groups is 1. The first-order valence-corrected chi connectivity index (χ1v) is 7.15. The average molecular weight is 256 g/mol. The number of hydrogen-bond donors (Lipinski definition) is 2. The van der Waals surface area contributed by atoms with E-state index in [-0.39, 0.29) is 0 Å². The van der Waals surface area contributed by atoms with Crippen molar-refractivity contribution in [2.24, 2.45) is 16.8 Å². The first-order valence-electron chi connectivity index (χ1n) is 7.15. The lowest BCUT2D eigenvalue weighted by Crippen LogP contribution is -2.47. The first kappa shape index (κ1) is 15.2. The van der Waals surface area contributed by atoms with Crippen LogP contribution in [0.1, 0.15) is 39.5 Å². The summed E-state index contributed by atoms with van der Waals surface area (Å²) in [4.78, 5) is 6.76. The van der Waals surface area contributed by atoms with Crippen molar-refractivity contribution in [2.75, 3.05) is 32.8 Å². The summed E-state index contributed by atoms with van der Waals surface area (Å²) in [6, 6.07) is 0. The lowest BCUT2D eigenvalue weighted by Gasteiger charge is -2.33. The summed E-state index contributed by atoms with van der Waals surface area (Å²) < 4.78 is 5.29. The van der Waals surface area contributed by atoms with E-state index >= 15 is 0 Å². The van der Waals surface area contributed by atoms with E-state index in [2.05, 4.69) is 22.2 Å².